The number of thiazole rings is 1. The summed E-state index contributed by atoms with van der Waals surface area (Å²) in [6.45, 7) is 0. The van der Waals surface area contributed by atoms with Crippen LogP contribution in [0.5, 0.6) is 0 Å². The van der Waals surface area contributed by atoms with E-state index in [0.29, 0.717) is 11.4 Å². The predicted octanol–water partition coefficient (Wildman–Crippen LogP) is 3.31. The van der Waals surface area contributed by atoms with E-state index in [-0.39, 0.29) is 5.01 Å². The van der Waals surface area contributed by atoms with Gasteiger partial charge >= 0.3 is 6.18 Å². The summed E-state index contributed by atoms with van der Waals surface area (Å²) in [4.78, 5) is 7.92. The average Bonchev–Trinajstić information content (AvgIpc) is 2.65. The molecule has 0 saturated carbocycles. The monoisotopic (exact) mass is 244 g/mol. The van der Waals surface area contributed by atoms with Crippen LogP contribution < -0.4 is 0 Å². The summed E-state index contributed by atoms with van der Waals surface area (Å²) < 4.78 is 36.3. The van der Waals surface area contributed by atoms with Gasteiger partial charge in [-0.15, -0.1) is 11.3 Å². The lowest BCUT2D eigenvalue weighted by Gasteiger charge is -2.01. The number of pyridine rings is 1. The smallest absolute Gasteiger partial charge is 0.255 e. The molecule has 16 heavy (non-hydrogen) atoms. The highest BCUT2D eigenvalue weighted by Crippen LogP contribution is 2.26. The molecular formula is C10H7F3N2S. The van der Waals surface area contributed by atoms with E-state index in [1.165, 1.54) is 0 Å². The van der Waals surface area contributed by atoms with Crippen molar-refractivity contribution in [2.45, 2.75) is 12.6 Å². The molecule has 0 N–H and O–H groups in total. The standard InChI is InChI=1S/C10H7F3N2S/c11-10(12,13)5-9-15-8(6-16-9)7-3-1-2-4-14-7/h1-4,6H,5H2. The van der Waals surface area contributed by atoms with Crippen molar-refractivity contribution < 1.29 is 13.2 Å². The van der Waals surface area contributed by atoms with Crippen LogP contribution in [0.15, 0.2) is 29.8 Å². The van der Waals surface area contributed by atoms with Crippen LogP contribution in [0.4, 0.5) is 13.2 Å². The minimum absolute atomic E-state index is 0.0631. The van der Waals surface area contributed by atoms with Gasteiger partial charge in [0.15, 0.2) is 0 Å². The lowest BCUT2D eigenvalue weighted by molar-refractivity contribution is -0.127. The van der Waals surface area contributed by atoms with Gasteiger partial charge in [0.2, 0.25) is 0 Å². The number of rotatable bonds is 2. The SMILES string of the molecule is FC(F)(F)Cc1nc(-c2ccccn2)cs1. The first-order valence-corrected chi connectivity index (χ1v) is 5.35. The number of nitrogens with zero attached hydrogens (tertiary/aromatic N) is 2. The zero-order valence-corrected chi connectivity index (χ0v) is 8.85. The summed E-state index contributed by atoms with van der Waals surface area (Å²) in [5.41, 5.74) is 1.08. The third-order valence-electron chi connectivity index (χ3n) is 1.83. The molecule has 0 aliphatic heterocycles. The Kier molecular flexibility index (Phi) is 2.91. The normalized spacial score (nSPS) is 11.7. The minimum Gasteiger partial charge on any atom is -0.255 e. The van der Waals surface area contributed by atoms with Crippen LogP contribution in [0, 0.1) is 0 Å². The molecule has 0 bridgehead atoms. The van der Waals surface area contributed by atoms with Gasteiger partial charge in [-0.05, 0) is 12.1 Å². The summed E-state index contributed by atoms with van der Waals surface area (Å²) >= 11 is 1.00. The molecule has 0 aliphatic rings. The summed E-state index contributed by atoms with van der Waals surface area (Å²) in [6, 6.07) is 5.23. The highest BCUT2D eigenvalue weighted by Gasteiger charge is 2.29. The molecule has 2 nitrogen and oxygen atoms in total. The first kappa shape index (κ1) is 11.1. The van der Waals surface area contributed by atoms with E-state index in [2.05, 4.69) is 9.97 Å². The van der Waals surface area contributed by atoms with E-state index >= 15 is 0 Å². The molecule has 0 aliphatic carbocycles. The summed E-state index contributed by atoms with van der Waals surface area (Å²) in [7, 11) is 0. The van der Waals surface area contributed by atoms with E-state index in [1.54, 1.807) is 29.8 Å². The molecule has 0 fully saturated rings. The van der Waals surface area contributed by atoms with Crippen LogP contribution in [0.1, 0.15) is 5.01 Å². The van der Waals surface area contributed by atoms with E-state index in [1.807, 2.05) is 0 Å². The molecule has 2 aromatic rings. The summed E-state index contributed by atoms with van der Waals surface area (Å²) in [6.07, 6.45) is -3.61. The maximum absolute atomic E-state index is 12.1. The van der Waals surface area contributed by atoms with Crippen LogP contribution in [-0.4, -0.2) is 16.1 Å². The van der Waals surface area contributed by atoms with E-state index in [4.69, 9.17) is 0 Å². The molecule has 0 amide bonds. The Labute approximate surface area is 93.8 Å². The van der Waals surface area contributed by atoms with Crippen LogP contribution in [0.3, 0.4) is 0 Å². The Bertz CT molecular complexity index is 464. The first-order valence-electron chi connectivity index (χ1n) is 4.47. The lowest BCUT2D eigenvalue weighted by Crippen LogP contribution is -2.11. The fourth-order valence-electron chi connectivity index (χ4n) is 1.20. The topological polar surface area (TPSA) is 25.8 Å². The zero-order chi connectivity index (χ0) is 11.6. The fraction of sp³-hybridized carbons (Fsp3) is 0.200. The van der Waals surface area contributed by atoms with Crippen molar-refractivity contribution in [2.75, 3.05) is 0 Å². The average molecular weight is 244 g/mol. The Morgan fingerprint density at radius 2 is 2.00 bits per heavy atom. The molecule has 0 atom stereocenters. The molecule has 0 saturated heterocycles. The molecular weight excluding hydrogens is 237 g/mol. The Morgan fingerprint density at radius 1 is 1.19 bits per heavy atom. The van der Waals surface area contributed by atoms with Gasteiger partial charge in [-0.2, -0.15) is 13.2 Å². The number of aromatic nitrogens is 2. The number of halogens is 3. The molecule has 2 heterocycles. The van der Waals surface area contributed by atoms with Crippen molar-refractivity contribution in [3.8, 4) is 11.4 Å². The molecule has 84 valence electrons. The zero-order valence-electron chi connectivity index (χ0n) is 8.03. The molecule has 0 unspecified atom stereocenters. The second-order valence-corrected chi connectivity index (χ2v) is 4.08. The van der Waals surface area contributed by atoms with Gasteiger partial charge in [0, 0.05) is 11.6 Å². The quantitative estimate of drug-likeness (QED) is 0.810. The van der Waals surface area contributed by atoms with Crippen molar-refractivity contribution in [1.29, 1.82) is 0 Å². The Hall–Kier alpha value is -1.43. The summed E-state index contributed by atoms with van der Waals surface area (Å²) in [5.74, 6) is 0. The fourth-order valence-corrected chi connectivity index (χ4v) is 2.01. The van der Waals surface area contributed by atoms with Crippen molar-refractivity contribution in [2.24, 2.45) is 0 Å². The van der Waals surface area contributed by atoms with Crippen molar-refractivity contribution in [3.63, 3.8) is 0 Å². The van der Waals surface area contributed by atoms with Gasteiger partial charge in [-0.3, -0.25) is 4.98 Å². The van der Waals surface area contributed by atoms with Crippen molar-refractivity contribution in [3.05, 3.63) is 34.8 Å². The summed E-state index contributed by atoms with van der Waals surface area (Å²) in [5, 5.41) is 1.65. The molecule has 6 heteroatoms. The van der Waals surface area contributed by atoms with Crippen molar-refractivity contribution >= 4 is 11.3 Å². The highest BCUT2D eigenvalue weighted by molar-refractivity contribution is 7.09. The van der Waals surface area contributed by atoms with Crippen LogP contribution >= 0.6 is 11.3 Å². The van der Waals surface area contributed by atoms with Gasteiger partial charge in [0.05, 0.1) is 17.8 Å². The highest BCUT2D eigenvalue weighted by atomic mass is 32.1. The van der Waals surface area contributed by atoms with Gasteiger partial charge in [-0.1, -0.05) is 6.07 Å². The third-order valence-corrected chi connectivity index (χ3v) is 2.68. The van der Waals surface area contributed by atoms with E-state index in [9.17, 15) is 13.2 Å². The maximum atomic E-state index is 12.1. The van der Waals surface area contributed by atoms with Gasteiger partial charge in [-0.25, -0.2) is 4.98 Å². The number of hydrogen-bond acceptors (Lipinski definition) is 3. The van der Waals surface area contributed by atoms with Crippen LogP contribution in [-0.2, 0) is 6.42 Å². The number of alkyl halides is 3. The first-order chi connectivity index (χ1) is 7.54. The largest absolute Gasteiger partial charge is 0.395 e. The molecule has 0 aromatic carbocycles. The van der Waals surface area contributed by atoms with Gasteiger partial charge in [0.25, 0.3) is 0 Å². The van der Waals surface area contributed by atoms with Crippen LogP contribution in [0.2, 0.25) is 0 Å². The van der Waals surface area contributed by atoms with Gasteiger partial charge in [0.1, 0.15) is 5.01 Å². The third kappa shape index (κ3) is 2.79. The Balaban J connectivity index is 2.21. The molecule has 2 rings (SSSR count). The molecule has 2 aromatic heterocycles. The predicted molar refractivity (Wildman–Crippen MR) is 55.1 cm³/mol. The molecule has 0 spiro atoms. The Morgan fingerprint density at radius 3 is 2.62 bits per heavy atom. The van der Waals surface area contributed by atoms with E-state index < -0.39 is 12.6 Å². The maximum Gasteiger partial charge on any atom is 0.395 e. The molecule has 0 radical (unpaired) electrons. The second-order valence-electron chi connectivity index (χ2n) is 3.13. The lowest BCUT2D eigenvalue weighted by atomic mass is 10.3. The minimum atomic E-state index is -4.21. The van der Waals surface area contributed by atoms with Crippen molar-refractivity contribution in [1.82, 2.24) is 9.97 Å². The van der Waals surface area contributed by atoms with Crippen LogP contribution in [0.25, 0.3) is 11.4 Å². The van der Waals surface area contributed by atoms with E-state index in [0.717, 1.165) is 11.3 Å². The number of hydrogen-bond donors (Lipinski definition) is 0. The second kappa shape index (κ2) is 4.21. The van der Waals surface area contributed by atoms with Gasteiger partial charge < -0.3 is 0 Å².